The molecular weight excluding hydrogens is 453 g/mol. The number of anilines is 1. The number of nitrogens with zero attached hydrogens (tertiary/aromatic N) is 4. The molecule has 2 heterocycles. The maximum Gasteiger partial charge on any atom is 0.262 e. The third-order valence-electron chi connectivity index (χ3n) is 5.00. The number of para-hydroxylation sites is 1. The van der Waals surface area contributed by atoms with Crippen LogP contribution in [0.15, 0.2) is 52.4 Å². The van der Waals surface area contributed by atoms with Gasteiger partial charge in [0, 0.05) is 6.54 Å². The fourth-order valence-electron chi connectivity index (χ4n) is 3.46. The molecule has 0 fully saturated rings. The summed E-state index contributed by atoms with van der Waals surface area (Å²) < 4.78 is 16.7. The Morgan fingerprint density at radius 1 is 1.19 bits per heavy atom. The highest BCUT2D eigenvalue weighted by molar-refractivity contribution is 7.99. The van der Waals surface area contributed by atoms with Crippen molar-refractivity contribution in [3.05, 3.63) is 63.7 Å². The zero-order valence-electron chi connectivity index (χ0n) is 17.3. The van der Waals surface area contributed by atoms with Gasteiger partial charge in [0.1, 0.15) is 5.82 Å². The Morgan fingerprint density at radius 2 is 2.00 bits per heavy atom. The van der Waals surface area contributed by atoms with Gasteiger partial charge in [-0.2, -0.15) is 0 Å². The fourth-order valence-corrected chi connectivity index (χ4v) is 4.41. The molecule has 0 aliphatic rings. The van der Waals surface area contributed by atoms with E-state index in [9.17, 15) is 14.0 Å². The van der Waals surface area contributed by atoms with E-state index in [4.69, 9.17) is 11.6 Å². The van der Waals surface area contributed by atoms with Crippen molar-refractivity contribution in [2.24, 2.45) is 0 Å². The lowest BCUT2D eigenvalue weighted by molar-refractivity contribution is -0.113. The number of carbonyl (C=O) groups is 1. The van der Waals surface area contributed by atoms with Crippen LogP contribution in [0.4, 0.5) is 10.1 Å². The number of aryl methyl sites for hydroxylation is 1. The molecule has 0 aliphatic heterocycles. The molecule has 0 saturated heterocycles. The number of benzene rings is 2. The molecule has 0 saturated carbocycles. The van der Waals surface area contributed by atoms with E-state index >= 15 is 0 Å². The van der Waals surface area contributed by atoms with Crippen LogP contribution < -0.4 is 10.9 Å². The quantitative estimate of drug-likeness (QED) is 0.295. The zero-order valence-corrected chi connectivity index (χ0v) is 18.9. The minimum atomic E-state index is -0.478. The van der Waals surface area contributed by atoms with Crippen molar-refractivity contribution in [1.29, 1.82) is 0 Å². The van der Waals surface area contributed by atoms with Crippen molar-refractivity contribution >= 4 is 51.6 Å². The lowest BCUT2D eigenvalue weighted by Gasteiger charge is -2.11. The van der Waals surface area contributed by atoms with Gasteiger partial charge in [-0.1, -0.05) is 55.3 Å². The summed E-state index contributed by atoms with van der Waals surface area (Å²) in [4.78, 5) is 25.5. The van der Waals surface area contributed by atoms with E-state index in [1.54, 1.807) is 10.6 Å². The van der Waals surface area contributed by atoms with Crippen LogP contribution in [0, 0.1) is 5.82 Å². The van der Waals surface area contributed by atoms with Crippen molar-refractivity contribution in [2.75, 3.05) is 11.1 Å². The fraction of sp³-hybridized carbons (Fsp3) is 0.273. The van der Waals surface area contributed by atoms with E-state index in [0.717, 1.165) is 25.3 Å². The molecule has 0 aliphatic carbocycles. The average molecular weight is 474 g/mol. The van der Waals surface area contributed by atoms with E-state index < -0.39 is 5.82 Å². The van der Waals surface area contributed by atoms with Crippen LogP contribution in [0.5, 0.6) is 0 Å². The van der Waals surface area contributed by atoms with Crippen molar-refractivity contribution in [1.82, 2.24) is 19.2 Å². The monoisotopic (exact) mass is 473 g/mol. The highest BCUT2D eigenvalue weighted by atomic mass is 35.5. The molecule has 4 rings (SSSR count). The number of unbranched alkanes of at least 4 members (excludes halogenated alkanes) is 2. The number of fused-ring (bicyclic) bond motifs is 3. The predicted molar refractivity (Wildman–Crippen MR) is 125 cm³/mol. The number of halogens is 2. The van der Waals surface area contributed by atoms with Gasteiger partial charge in [-0.25, -0.2) is 4.39 Å². The van der Waals surface area contributed by atoms with E-state index in [2.05, 4.69) is 22.4 Å². The standard InChI is InChI=1S/C22H21ClFN5O2S/c1-2-3-6-11-28-20(31)15-7-4-5-8-18(15)29-21(28)26-27-22(29)32-13-19(30)25-17-10-9-14(24)12-16(17)23/h4-5,7-10,12H,2-3,6,11,13H2,1H3,(H,25,30). The Kier molecular flexibility index (Phi) is 6.76. The number of amides is 1. The van der Waals surface area contributed by atoms with Gasteiger partial charge in [-0.15, -0.1) is 10.2 Å². The van der Waals surface area contributed by atoms with Crippen LogP contribution >= 0.6 is 23.4 Å². The molecule has 0 unspecified atom stereocenters. The van der Waals surface area contributed by atoms with E-state index in [1.807, 2.05) is 22.6 Å². The minimum absolute atomic E-state index is 0.0395. The summed E-state index contributed by atoms with van der Waals surface area (Å²) in [5, 5.41) is 12.4. The maximum atomic E-state index is 13.2. The van der Waals surface area contributed by atoms with Gasteiger partial charge in [0.25, 0.3) is 5.56 Å². The molecule has 2 aromatic carbocycles. The summed E-state index contributed by atoms with van der Waals surface area (Å²) in [5.74, 6) is -0.304. The number of aromatic nitrogens is 4. The molecule has 0 bridgehead atoms. The van der Waals surface area contributed by atoms with Gasteiger partial charge in [-0.05, 0) is 36.8 Å². The third kappa shape index (κ3) is 4.49. The molecule has 32 heavy (non-hydrogen) atoms. The Morgan fingerprint density at radius 3 is 2.78 bits per heavy atom. The molecule has 1 N–H and O–H groups in total. The van der Waals surface area contributed by atoms with Crippen LogP contribution in [0.3, 0.4) is 0 Å². The predicted octanol–water partition coefficient (Wildman–Crippen LogP) is 4.76. The first-order valence-electron chi connectivity index (χ1n) is 10.2. The average Bonchev–Trinajstić information content (AvgIpc) is 3.20. The van der Waals surface area contributed by atoms with Crippen LogP contribution in [-0.2, 0) is 11.3 Å². The highest BCUT2D eigenvalue weighted by Gasteiger charge is 2.17. The number of thioether (sulfide) groups is 1. The summed E-state index contributed by atoms with van der Waals surface area (Å²) in [5.41, 5.74) is 0.922. The Hall–Kier alpha value is -2.91. The number of hydrogen-bond acceptors (Lipinski definition) is 5. The van der Waals surface area contributed by atoms with Crippen LogP contribution in [0.2, 0.25) is 5.02 Å². The molecule has 0 spiro atoms. The van der Waals surface area contributed by atoms with Gasteiger partial charge >= 0.3 is 0 Å². The Bertz CT molecular complexity index is 1350. The molecule has 1 amide bonds. The van der Waals surface area contributed by atoms with Gasteiger partial charge in [0.15, 0.2) is 5.16 Å². The molecule has 0 atom stereocenters. The second kappa shape index (κ2) is 9.70. The molecule has 0 radical (unpaired) electrons. The summed E-state index contributed by atoms with van der Waals surface area (Å²) in [6, 6.07) is 11.1. The van der Waals surface area contributed by atoms with E-state index in [0.29, 0.717) is 34.1 Å². The first kappa shape index (κ1) is 22.3. The largest absolute Gasteiger partial charge is 0.324 e. The normalized spacial score (nSPS) is 11.3. The SMILES string of the molecule is CCCCCn1c(=O)c2ccccc2n2c(SCC(=O)Nc3ccc(F)cc3Cl)nnc12. The van der Waals surface area contributed by atoms with E-state index in [-0.39, 0.29) is 22.2 Å². The Labute approximate surface area is 192 Å². The molecular formula is C22H21ClFN5O2S. The van der Waals surface area contributed by atoms with E-state index in [1.165, 1.54) is 23.9 Å². The van der Waals surface area contributed by atoms with Crippen molar-refractivity contribution in [3.8, 4) is 0 Å². The zero-order chi connectivity index (χ0) is 22.7. The van der Waals surface area contributed by atoms with Crippen LogP contribution in [0.25, 0.3) is 16.7 Å². The summed E-state index contributed by atoms with van der Waals surface area (Å²) in [6.07, 6.45) is 2.91. The molecule has 166 valence electrons. The maximum absolute atomic E-state index is 13.2. The van der Waals surface area contributed by atoms with Gasteiger partial charge < -0.3 is 5.32 Å². The van der Waals surface area contributed by atoms with Crippen molar-refractivity contribution < 1.29 is 9.18 Å². The molecule has 7 nitrogen and oxygen atoms in total. The lowest BCUT2D eigenvalue weighted by Crippen LogP contribution is -2.23. The molecule has 4 aromatic rings. The van der Waals surface area contributed by atoms with Crippen LogP contribution in [-0.4, -0.2) is 30.8 Å². The number of nitrogens with one attached hydrogen (secondary N) is 1. The lowest BCUT2D eigenvalue weighted by atomic mass is 10.2. The smallest absolute Gasteiger partial charge is 0.262 e. The third-order valence-corrected chi connectivity index (χ3v) is 6.24. The second-order valence-electron chi connectivity index (χ2n) is 7.26. The second-order valence-corrected chi connectivity index (χ2v) is 8.61. The van der Waals surface area contributed by atoms with Crippen molar-refractivity contribution in [2.45, 2.75) is 37.9 Å². The first-order chi connectivity index (χ1) is 15.5. The number of rotatable bonds is 8. The summed E-state index contributed by atoms with van der Waals surface area (Å²) in [6.45, 7) is 2.65. The topological polar surface area (TPSA) is 81.3 Å². The van der Waals surface area contributed by atoms with Gasteiger partial charge in [0.2, 0.25) is 11.7 Å². The van der Waals surface area contributed by atoms with Gasteiger partial charge in [-0.3, -0.25) is 18.6 Å². The van der Waals surface area contributed by atoms with Crippen LogP contribution in [0.1, 0.15) is 26.2 Å². The summed E-state index contributed by atoms with van der Waals surface area (Å²) in [7, 11) is 0. The minimum Gasteiger partial charge on any atom is -0.324 e. The first-order valence-corrected chi connectivity index (χ1v) is 11.6. The number of carbonyl (C=O) groups excluding carboxylic acids is 1. The van der Waals surface area contributed by atoms with Crippen molar-refractivity contribution in [3.63, 3.8) is 0 Å². The number of hydrogen-bond donors (Lipinski definition) is 1. The van der Waals surface area contributed by atoms with Gasteiger partial charge in [0.05, 0.1) is 27.4 Å². The Balaban J connectivity index is 1.63. The molecule has 2 aromatic heterocycles. The molecule has 10 heteroatoms. The summed E-state index contributed by atoms with van der Waals surface area (Å²) >= 11 is 7.18. The highest BCUT2D eigenvalue weighted by Crippen LogP contribution is 2.24.